The van der Waals surface area contributed by atoms with Gasteiger partial charge in [-0.2, -0.15) is 13.2 Å². The summed E-state index contributed by atoms with van der Waals surface area (Å²) in [5, 5.41) is 5.46. The molecule has 0 radical (unpaired) electrons. The number of hydrogen-bond donors (Lipinski definition) is 2. The minimum atomic E-state index is -4.45. The minimum Gasteiger partial charge on any atom is -0.468 e. The van der Waals surface area contributed by atoms with Gasteiger partial charge in [-0.1, -0.05) is 12.1 Å². The van der Waals surface area contributed by atoms with Gasteiger partial charge in [0.25, 0.3) is 0 Å². The molecule has 1 aliphatic rings. The van der Waals surface area contributed by atoms with Crippen molar-refractivity contribution in [1.29, 1.82) is 0 Å². The van der Waals surface area contributed by atoms with Crippen LogP contribution in [0.25, 0.3) is 0 Å². The Morgan fingerprint density at radius 3 is 2.89 bits per heavy atom. The van der Waals surface area contributed by atoms with Crippen LogP contribution in [0, 0.1) is 5.82 Å². The largest absolute Gasteiger partial charge is 0.468 e. The van der Waals surface area contributed by atoms with E-state index in [0.717, 1.165) is 12.0 Å². The Bertz CT molecular complexity index is 842. The van der Waals surface area contributed by atoms with Gasteiger partial charge in [-0.3, -0.25) is 0 Å². The van der Waals surface area contributed by atoms with Gasteiger partial charge in [0.1, 0.15) is 5.82 Å². The topological polar surface area (TPSA) is 63.2 Å². The van der Waals surface area contributed by atoms with Crippen LogP contribution in [-0.2, 0) is 13.0 Å². The van der Waals surface area contributed by atoms with Crippen molar-refractivity contribution in [3.8, 4) is 5.88 Å². The molecule has 1 unspecified atom stereocenters. The SMILES string of the molecule is O=C(NCc1ccnc(OCC(F)(F)F)c1)NC1CCCc2c(F)cccc21. The molecule has 0 spiro atoms. The highest BCUT2D eigenvalue weighted by Crippen LogP contribution is 2.31. The third kappa shape index (κ3) is 5.34. The zero-order chi connectivity index (χ0) is 20.1. The summed E-state index contributed by atoms with van der Waals surface area (Å²) in [4.78, 5) is 15.9. The van der Waals surface area contributed by atoms with Gasteiger partial charge in [-0.25, -0.2) is 14.2 Å². The van der Waals surface area contributed by atoms with Gasteiger partial charge >= 0.3 is 12.2 Å². The maximum Gasteiger partial charge on any atom is 0.422 e. The first kappa shape index (κ1) is 19.9. The highest BCUT2D eigenvalue weighted by Gasteiger charge is 2.28. The number of nitrogens with zero attached hydrogens (tertiary/aromatic N) is 1. The fourth-order valence-corrected chi connectivity index (χ4v) is 3.14. The van der Waals surface area contributed by atoms with Crippen LogP contribution in [0.3, 0.4) is 0 Å². The van der Waals surface area contributed by atoms with Crippen molar-refractivity contribution in [2.24, 2.45) is 0 Å². The molecule has 2 amide bonds. The Balaban J connectivity index is 1.55. The fraction of sp³-hybridized carbons (Fsp3) is 0.368. The van der Waals surface area contributed by atoms with E-state index in [-0.39, 0.29) is 24.3 Å². The zero-order valence-corrected chi connectivity index (χ0v) is 14.9. The lowest BCUT2D eigenvalue weighted by Crippen LogP contribution is -2.38. The first-order valence-corrected chi connectivity index (χ1v) is 8.78. The molecule has 0 aliphatic heterocycles. The normalized spacial score (nSPS) is 16.2. The summed E-state index contributed by atoms with van der Waals surface area (Å²) in [7, 11) is 0. The van der Waals surface area contributed by atoms with Crippen molar-refractivity contribution in [2.75, 3.05) is 6.61 Å². The van der Waals surface area contributed by atoms with Crippen LogP contribution in [0.15, 0.2) is 36.5 Å². The summed E-state index contributed by atoms with van der Waals surface area (Å²) in [5.41, 5.74) is 1.94. The minimum absolute atomic E-state index is 0.0828. The maximum atomic E-state index is 13.9. The number of hydrogen-bond acceptors (Lipinski definition) is 3. The van der Waals surface area contributed by atoms with E-state index in [1.54, 1.807) is 18.2 Å². The van der Waals surface area contributed by atoms with Crippen LogP contribution in [0.4, 0.5) is 22.4 Å². The molecular formula is C19H19F4N3O2. The molecule has 1 aliphatic carbocycles. The lowest BCUT2D eigenvalue weighted by molar-refractivity contribution is -0.154. The summed E-state index contributed by atoms with van der Waals surface area (Å²) in [6.07, 6.45) is -1.04. The molecule has 9 heteroatoms. The second-order valence-electron chi connectivity index (χ2n) is 6.49. The second-order valence-corrected chi connectivity index (χ2v) is 6.49. The number of nitrogens with one attached hydrogen (secondary N) is 2. The third-order valence-corrected chi connectivity index (χ3v) is 4.39. The number of benzene rings is 1. The van der Waals surface area contributed by atoms with Crippen LogP contribution in [0.2, 0.25) is 0 Å². The lowest BCUT2D eigenvalue weighted by atomic mass is 9.87. The Labute approximate surface area is 159 Å². The van der Waals surface area contributed by atoms with Crippen LogP contribution >= 0.6 is 0 Å². The van der Waals surface area contributed by atoms with Crippen LogP contribution < -0.4 is 15.4 Å². The highest BCUT2D eigenvalue weighted by molar-refractivity contribution is 5.74. The molecule has 5 nitrogen and oxygen atoms in total. The zero-order valence-electron chi connectivity index (χ0n) is 14.9. The molecule has 0 bridgehead atoms. The Morgan fingerprint density at radius 1 is 1.29 bits per heavy atom. The maximum absolute atomic E-state index is 13.9. The van der Waals surface area contributed by atoms with Crippen molar-refractivity contribution < 1.29 is 27.1 Å². The number of carbonyl (C=O) groups is 1. The fourth-order valence-electron chi connectivity index (χ4n) is 3.14. The quantitative estimate of drug-likeness (QED) is 0.749. The van der Waals surface area contributed by atoms with Gasteiger partial charge in [-0.15, -0.1) is 0 Å². The molecule has 3 rings (SSSR count). The highest BCUT2D eigenvalue weighted by atomic mass is 19.4. The molecule has 1 aromatic carbocycles. The molecule has 0 fully saturated rings. The number of alkyl halides is 3. The lowest BCUT2D eigenvalue weighted by Gasteiger charge is -2.26. The molecule has 0 saturated carbocycles. The average Bonchev–Trinajstić information content (AvgIpc) is 2.65. The number of aromatic nitrogens is 1. The van der Waals surface area contributed by atoms with Gasteiger partial charge in [0, 0.05) is 18.8 Å². The van der Waals surface area contributed by atoms with Crippen molar-refractivity contribution in [3.05, 3.63) is 59.0 Å². The molecular weight excluding hydrogens is 378 g/mol. The van der Waals surface area contributed by atoms with Crippen LogP contribution in [-0.4, -0.2) is 23.8 Å². The molecule has 1 aromatic heterocycles. The molecule has 28 heavy (non-hydrogen) atoms. The number of carbonyl (C=O) groups excluding carboxylic acids is 1. The Morgan fingerprint density at radius 2 is 2.11 bits per heavy atom. The van der Waals surface area contributed by atoms with E-state index in [9.17, 15) is 22.4 Å². The van der Waals surface area contributed by atoms with E-state index in [1.807, 2.05) is 0 Å². The number of pyridine rings is 1. The van der Waals surface area contributed by atoms with Gasteiger partial charge in [0.2, 0.25) is 5.88 Å². The first-order valence-electron chi connectivity index (χ1n) is 8.78. The first-order chi connectivity index (χ1) is 13.3. The number of halogens is 4. The molecule has 2 N–H and O–H groups in total. The Hall–Kier alpha value is -2.84. The van der Waals surface area contributed by atoms with E-state index in [0.29, 0.717) is 24.0 Å². The third-order valence-electron chi connectivity index (χ3n) is 4.39. The predicted molar refractivity (Wildman–Crippen MR) is 93.2 cm³/mol. The molecule has 1 heterocycles. The van der Waals surface area contributed by atoms with E-state index < -0.39 is 18.8 Å². The average molecular weight is 397 g/mol. The van der Waals surface area contributed by atoms with Gasteiger partial charge in [0.15, 0.2) is 6.61 Å². The summed E-state index contributed by atoms with van der Waals surface area (Å²) >= 11 is 0. The smallest absolute Gasteiger partial charge is 0.422 e. The monoisotopic (exact) mass is 397 g/mol. The number of ether oxygens (including phenoxy) is 1. The van der Waals surface area contributed by atoms with Crippen molar-refractivity contribution in [2.45, 2.75) is 38.0 Å². The number of amides is 2. The molecule has 2 aromatic rings. The number of rotatable bonds is 5. The van der Waals surface area contributed by atoms with E-state index in [4.69, 9.17) is 0 Å². The van der Waals surface area contributed by atoms with E-state index in [1.165, 1.54) is 18.3 Å². The summed E-state index contributed by atoms with van der Waals surface area (Å²) in [6, 6.07) is 6.98. The number of urea groups is 1. The Kier molecular flexibility index (Phi) is 6.01. The van der Waals surface area contributed by atoms with E-state index >= 15 is 0 Å². The standard InChI is InChI=1S/C19H19F4N3O2/c20-15-5-1-4-14-13(15)3-2-6-16(14)26-18(27)25-10-12-7-8-24-17(9-12)28-11-19(21,22)23/h1,4-5,7-9,16H,2-3,6,10-11H2,(H2,25,26,27). The second kappa shape index (κ2) is 8.45. The van der Waals surface area contributed by atoms with Crippen LogP contribution in [0.1, 0.15) is 35.6 Å². The van der Waals surface area contributed by atoms with Gasteiger partial charge in [-0.05, 0) is 48.1 Å². The summed E-state index contributed by atoms with van der Waals surface area (Å²) in [5.74, 6) is -0.443. The van der Waals surface area contributed by atoms with Crippen molar-refractivity contribution in [3.63, 3.8) is 0 Å². The van der Waals surface area contributed by atoms with E-state index in [2.05, 4.69) is 20.4 Å². The van der Waals surface area contributed by atoms with Crippen molar-refractivity contribution >= 4 is 6.03 Å². The number of fused-ring (bicyclic) bond motifs is 1. The molecule has 150 valence electrons. The summed E-state index contributed by atoms with van der Waals surface area (Å²) in [6.45, 7) is -1.35. The predicted octanol–water partition coefficient (Wildman–Crippen LogP) is 4.04. The molecule has 0 saturated heterocycles. The van der Waals surface area contributed by atoms with Gasteiger partial charge in [0.05, 0.1) is 6.04 Å². The van der Waals surface area contributed by atoms with Gasteiger partial charge < -0.3 is 15.4 Å². The summed E-state index contributed by atoms with van der Waals surface area (Å²) < 4.78 is 55.1. The molecule has 1 atom stereocenters. The van der Waals surface area contributed by atoms with Crippen molar-refractivity contribution in [1.82, 2.24) is 15.6 Å². The van der Waals surface area contributed by atoms with Crippen LogP contribution in [0.5, 0.6) is 5.88 Å².